The number of methoxy groups -OCH3 is 1. The van der Waals surface area contributed by atoms with Crippen LogP contribution in [0.15, 0.2) is 47.4 Å². The quantitative estimate of drug-likeness (QED) is 0.868. The number of esters is 1. The van der Waals surface area contributed by atoms with Crippen LogP contribution < -0.4 is 4.72 Å². The number of rotatable bonds is 4. The molecule has 2 aromatic rings. The van der Waals surface area contributed by atoms with Gasteiger partial charge in [0.25, 0.3) is 10.0 Å². The lowest BCUT2D eigenvalue weighted by Crippen LogP contribution is -2.13. The molecule has 0 unspecified atom stereocenters. The minimum atomic E-state index is -3.74. The molecule has 0 spiro atoms. The van der Waals surface area contributed by atoms with E-state index in [1.807, 2.05) is 6.92 Å². The molecule has 1 N–H and O–H groups in total. The molecular formula is C15H14ClNO4S. The average Bonchev–Trinajstić information content (AvgIpc) is 2.48. The maximum atomic E-state index is 12.3. The Bertz CT molecular complexity index is 801. The van der Waals surface area contributed by atoms with E-state index in [0.29, 0.717) is 0 Å². The highest BCUT2D eigenvalue weighted by atomic mass is 35.5. The second-order valence-electron chi connectivity index (χ2n) is 4.60. The Morgan fingerprint density at radius 1 is 1.14 bits per heavy atom. The normalized spacial score (nSPS) is 11.0. The van der Waals surface area contributed by atoms with Gasteiger partial charge < -0.3 is 4.74 Å². The molecule has 0 amide bonds. The lowest BCUT2D eigenvalue weighted by atomic mass is 10.2. The standard InChI is InChI=1S/C15H14ClNO4S/c1-10-3-6-12(7-4-10)22(19,20)17-11-5-8-14(16)13(9-11)15(18)21-2/h3-9,17H,1-2H3. The maximum absolute atomic E-state index is 12.3. The van der Waals surface area contributed by atoms with Crippen LogP contribution in [0.3, 0.4) is 0 Å². The van der Waals surface area contributed by atoms with Crippen molar-refractivity contribution in [2.24, 2.45) is 0 Å². The van der Waals surface area contributed by atoms with Crippen LogP contribution in [0.4, 0.5) is 5.69 Å². The molecule has 116 valence electrons. The van der Waals surface area contributed by atoms with Gasteiger partial charge in [-0.15, -0.1) is 0 Å². The van der Waals surface area contributed by atoms with Crippen LogP contribution in [0.25, 0.3) is 0 Å². The van der Waals surface area contributed by atoms with E-state index >= 15 is 0 Å². The highest BCUT2D eigenvalue weighted by Gasteiger charge is 2.16. The SMILES string of the molecule is COC(=O)c1cc(NS(=O)(=O)c2ccc(C)cc2)ccc1Cl. The number of aryl methyl sites for hydroxylation is 1. The Balaban J connectivity index is 2.34. The van der Waals surface area contributed by atoms with E-state index in [9.17, 15) is 13.2 Å². The van der Waals surface area contributed by atoms with Crippen LogP contribution in [0.2, 0.25) is 5.02 Å². The summed E-state index contributed by atoms with van der Waals surface area (Å²) in [5.74, 6) is -0.638. The minimum absolute atomic E-state index is 0.0910. The first-order chi connectivity index (χ1) is 10.3. The first-order valence-electron chi connectivity index (χ1n) is 6.31. The van der Waals surface area contributed by atoms with Crippen LogP contribution in [0, 0.1) is 6.92 Å². The Kier molecular flexibility index (Phi) is 4.73. The van der Waals surface area contributed by atoms with Crippen molar-refractivity contribution in [3.8, 4) is 0 Å². The third-order valence-electron chi connectivity index (χ3n) is 2.96. The van der Waals surface area contributed by atoms with Crippen molar-refractivity contribution >= 4 is 33.3 Å². The molecule has 0 radical (unpaired) electrons. The number of carbonyl (C=O) groups is 1. The molecule has 0 aliphatic carbocycles. The molecule has 22 heavy (non-hydrogen) atoms. The number of halogens is 1. The summed E-state index contributed by atoms with van der Waals surface area (Å²) in [5.41, 5.74) is 1.28. The summed E-state index contributed by atoms with van der Waals surface area (Å²) in [6, 6.07) is 10.7. The van der Waals surface area contributed by atoms with Crippen molar-refractivity contribution in [3.63, 3.8) is 0 Å². The summed E-state index contributed by atoms with van der Waals surface area (Å²) in [6.07, 6.45) is 0. The first-order valence-corrected chi connectivity index (χ1v) is 8.17. The van der Waals surface area contributed by atoms with Gasteiger partial charge in [-0.1, -0.05) is 29.3 Å². The van der Waals surface area contributed by atoms with Crippen molar-refractivity contribution in [3.05, 3.63) is 58.6 Å². The van der Waals surface area contributed by atoms with Crippen molar-refractivity contribution in [2.75, 3.05) is 11.8 Å². The third-order valence-corrected chi connectivity index (χ3v) is 4.68. The predicted octanol–water partition coefficient (Wildman–Crippen LogP) is 3.24. The van der Waals surface area contributed by atoms with E-state index in [1.165, 1.54) is 37.4 Å². The number of hydrogen-bond acceptors (Lipinski definition) is 4. The Morgan fingerprint density at radius 3 is 2.36 bits per heavy atom. The molecule has 0 atom stereocenters. The molecule has 0 heterocycles. The fourth-order valence-corrected chi connectivity index (χ4v) is 3.03. The molecule has 7 heteroatoms. The van der Waals surface area contributed by atoms with E-state index < -0.39 is 16.0 Å². The summed E-state index contributed by atoms with van der Waals surface area (Å²) in [7, 11) is -2.51. The fraction of sp³-hybridized carbons (Fsp3) is 0.133. The molecule has 0 bridgehead atoms. The van der Waals surface area contributed by atoms with Gasteiger partial charge in [0.05, 0.1) is 22.6 Å². The Labute approximate surface area is 133 Å². The lowest BCUT2D eigenvalue weighted by Gasteiger charge is -2.10. The van der Waals surface area contributed by atoms with Gasteiger partial charge in [0.2, 0.25) is 0 Å². The van der Waals surface area contributed by atoms with Gasteiger partial charge in [-0.2, -0.15) is 0 Å². The van der Waals surface area contributed by atoms with Crippen LogP contribution >= 0.6 is 11.6 Å². The van der Waals surface area contributed by atoms with Crippen molar-refractivity contribution in [1.29, 1.82) is 0 Å². The molecule has 0 aliphatic rings. The number of sulfonamides is 1. The molecule has 5 nitrogen and oxygen atoms in total. The Morgan fingerprint density at radius 2 is 1.77 bits per heavy atom. The number of benzene rings is 2. The van der Waals surface area contributed by atoms with Gasteiger partial charge in [-0.05, 0) is 37.3 Å². The largest absolute Gasteiger partial charge is 0.465 e. The number of anilines is 1. The van der Waals surface area contributed by atoms with Gasteiger partial charge in [0.15, 0.2) is 0 Å². The first kappa shape index (κ1) is 16.3. The fourth-order valence-electron chi connectivity index (χ4n) is 1.79. The van der Waals surface area contributed by atoms with Crippen LogP contribution in [-0.2, 0) is 14.8 Å². The van der Waals surface area contributed by atoms with Crippen molar-refractivity contribution < 1.29 is 17.9 Å². The van der Waals surface area contributed by atoms with E-state index in [2.05, 4.69) is 9.46 Å². The van der Waals surface area contributed by atoms with Crippen molar-refractivity contribution in [2.45, 2.75) is 11.8 Å². The molecule has 0 saturated carbocycles. The van der Waals surface area contributed by atoms with E-state index in [-0.39, 0.29) is 21.2 Å². The number of ether oxygens (including phenoxy) is 1. The van der Waals surface area contributed by atoms with E-state index in [1.54, 1.807) is 12.1 Å². The molecule has 0 saturated heterocycles. The molecule has 0 aromatic heterocycles. The second kappa shape index (κ2) is 6.37. The zero-order valence-corrected chi connectivity index (χ0v) is 13.5. The molecule has 0 fully saturated rings. The van der Waals surface area contributed by atoms with Gasteiger partial charge in [0, 0.05) is 5.69 Å². The Hall–Kier alpha value is -2.05. The van der Waals surface area contributed by atoms with E-state index in [0.717, 1.165) is 5.56 Å². The van der Waals surface area contributed by atoms with Crippen molar-refractivity contribution in [1.82, 2.24) is 0 Å². The van der Waals surface area contributed by atoms with Crippen LogP contribution in [0.1, 0.15) is 15.9 Å². The topological polar surface area (TPSA) is 72.5 Å². The molecule has 2 aromatic carbocycles. The molecular weight excluding hydrogens is 326 g/mol. The predicted molar refractivity (Wildman–Crippen MR) is 84.8 cm³/mol. The molecule has 0 aliphatic heterocycles. The van der Waals surface area contributed by atoms with Crippen LogP contribution in [-0.4, -0.2) is 21.5 Å². The third kappa shape index (κ3) is 3.58. The number of nitrogens with one attached hydrogen (secondary N) is 1. The highest BCUT2D eigenvalue weighted by Crippen LogP contribution is 2.23. The molecule has 2 rings (SSSR count). The van der Waals surface area contributed by atoms with Gasteiger partial charge in [-0.25, -0.2) is 13.2 Å². The monoisotopic (exact) mass is 339 g/mol. The zero-order valence-electron chi connectivity index (χ0n) is 12.0. The van der Waals surface area contributed by atoms with Gasteiger partial charge in [0.1, 0.15) is 0 Å². The summed E-state index contributed by atoms with van der Waals surface area (Å²) in [5, 5.41) is 0.185. The number of hydrogen-bond donors (Lipinski definition) is 1. The highest BCUT2D eigenvalue weighted by molar-refractivity contribution is 7.92. The average molecular weight is 340 g/mol. The van der Waals surface area contributed by atoms with Gasteiger partial charge >= 0.3 is 5.97 Å². The summed E-state index contributed by atoms with van der Waals surface area (Å²) >= 11 is 5.90. The van der Waals surface area contributed by atoms with E-state index in [4.69, 9.17) is 11.6 Å². The smallest absolute Gasteiger partial charge is 0.339 e. The maximum Gasteiger partial charge on any atom is 0.339 e. The van der Waals surface area contributed by atoms with Gasteiger partial charge in [-0.3, -0.25) is 4.72 Å². The summed E-state index contributed by atoms with van der Waals surface area (Å²) < 4.78 is 31.6. The summed E-state index contributed by atoms with van der Waals surface area (Å²) in [4.78, 5) is 11.7. The number of carbonyl (C=O) groups excluding carboxylic acids is 1. The summed E-state index contributed by atoms with van der Waals surface area (Å²) in [6.45, 7) is 1.87. The minimum Gasteiger partial charge on any atom is -0.465 e. The zero-order chi connectivity index (χ0) is 16.3. The second-order valence-corrected chi connectivity index (χ2v) is 6.69. The van der Waals surface area contributed by atoms with Crippen LogP contribution in [0.5, 0.6) is 0 Å². The lowest BCUT2D eigenvalue weighted by molar-refractivity contribution is 0.0601.